The van der Waals surface area contributed by atoms with Crippen molar-refractivity contribution in [2.75, 3.05) is 0 Å². The molecule has 0 atom stereocenters. The average Bonchev–Trinajstić information content (AvgIpc) is 2.36. The van der Waals surface area contributed by atoms with E-state index in [-0.39, 0.29) is 10.2 Å². The fourth-order valence-electron chi connectivity index (χ4n) is 1.31. The number of halogens is 3. The molecule has 1 N–H and O–H groups in total. The highest BCUT2D eigenvalue weighted by Gasteiger charge is 2.17. The fourth-order valence-corrected chi connectivity index (χ4v) is 1.56. The standard InChI is InChI=1S/C12H6BrF2NO3/c13-8-2-1-6(5-9(8)14)19-11-10(15)7(12(17)18)3-4-16-11/h1-5H,(H,17,18). The van der Waals surface area contributed by atoms with Gasteiger partial charge in [0.1, 0.15) is 17.1 Å². The van der Waals surface area contributed by atoms with Crippen molar-refractivity contribution in [1.82, 2.24) is 4.98 Å². The van der Waals surface area contributed by atoms with Crippen LogP contribution in [0.4, 0.5) is 8.78 Å². The lowest BCUT2D eigenvalue weighted by Gasteiger charge is -2.07. The Morgan fingerprint density at radius 3 is 2.68 bits per heavy atom. The molecule has 2 rings (SSSR count). The third-order valence-corrected chi connectivity index (χ3v) is 2.84. The van der Waals surface area contributed by atoms with E-state index < -0.39 is 29.0 Å². The highest BCUT2D eigenvalue weighted by atomic mass is 79.9. The third kappa shape index (κ3) is 2.87. The molecular formula is C12H6BrF2NO3. The van der Waals surface area contributed by atoms with Gasteiger partial charge >= 0.3 is 5.97 Å². The zero-order valence-electron chi connectivity index (χ0n) is 9.23. The molecule has 0 amide bonds. The minimum atomic E-state index is -1.44. The molecule has 0 bridgehead atoms. The Balaban J connectivity index is 2.35. The van der Waals surface area contributed by atoms with Crippen molar-refractivity contribution in [3.05, 3.63) is 52.1 Å². The minimum absolute atomic E-state index is 0.00892. The molecule has 0 aliphatic carbocycles. The van der Waals surface area contributed by atoms with Crippen LogP contribution in [0.1, 0.15) is 10.4 Å². The Kier molecular flexibility index (Phi) is 3.75. The SMILES string of the molecule is O=C(O)c1ccnc(Oc2ccc(Br)c(F)c2)c1F. The minimum Gasteiger partial charge on any atom is -0.478 e. The molecule has 0 radical (unpaired) electrons. The zero-order chi connectivity index (χ0) is 14.0. The lowest BCUT2D eigenvalue weighted by Crippen LogP contribution is -2.03. The smallest absolute Gasteiger partial charge is 0.338 e. The number of carboxylic acid groups (broad SMARTS) is 1. The first-order valence-corrected chi connectivity index (χ1v) is 5.79. The molecule has 0 fully saturated rings. The summed E-state index contributed by atoms with van der Waals surface area (Å²) in [6.07, 6.45) is 1.09. The molecule has 0 saturated heterocycles. The lowest BCUT2D eigenvalue weighted by molar-refractivity contribution is 0.0690. The molecular weight excluding hydrogens is 324 g/mol. The van der Waals surface area contributed by atoms with Crippen LogP contribution in [-0.2, 0) is 0 Å². The Morgan fingerprint density at radius 1 is 1.32 bits per heavy atom. The lowest BCUT2D eigenvalue weighted by atomic mass is 10.2. The van der Waals surface area contributed by atoms with Gasteiger partial charge in [-0.05, 0) is 34.1 Å². The number of nitrogens with zero attached hydrogens (tertiary/aromatic N) is 1. The van der Waals surface area contributed by atoms with Gasteiger partial charge in [0, 0.05) is 12.3 Å². The van der Waals surface area contributed by atoms with E-state index in [4.69, 9.17) is 9.84 Å². The first-order chi connectivity index (χ1) is 8.99. The van der Waals surface area contributed by atoms with Gasteiger partial charge in [-0.3, -0.25) is 0 Å². The molecule has 0 spiro atoms. The molecule has 2 aromatic rings. The second-order valence-electron chi connectivity index (χ2n) is 3.46. The van der Waals surface area contributed by atoms with Crippen LogP contribution in [0.25, 0.3) is 0 Å². The summed E-state index contributed by atoms with van der Waals surface area (Å²) in [4.78, 5) is 14.3. The van der Waals surface area contributed by atoms with Crippen molar-refractivity contribution < 1.29 is 23.4 Å². The molecule has 1 heterocycles. The van der Waals surface area contributed by atoms with Crippen LogP contribution in [-0.4, -0.2) is 16.1 Å². The van der Waals surface area contributed by atoms with Gasteiger partial charge in [-0.25, -0.2) is 18.6 Å². The van der Waals surface area contributed by atoms with Crippen LogP contribution in [0, 0.1) is 11.6 Å². The highest BCUT2D eigenvalue weighted by Crippen LogP contribution is 2.27. The predicted molar refractivity (Wildman–Crippen MR) is 65.3 cm³/mol. The van der Waals surface area contributed by atoms with Gasteiger partial charge in [-0.15, -0.1) is 0 Å². The van der Waals surface area contributed by atoms with Gasteiger partial charge in [0.15, 0.2) is 5.82 Å². The predicted octanol–water partition coefficient (Wildman–Crippen LogP) is 3.61. The molecule has 1 aromatic heterocycles. The molecule has 98 valence electrons. The molecule has 7 heteroatoms. The largest absolute Gasteiger partial charge is 0.478 e. The van der Waals surface area contributed by atoms with Crippen LogP contribution in [0.2, 0.25) is 0 Å². The number of hydrogen-bond donors (Lipinski definition) is 1. The molecule has 0 aliphatic heterocycles. The monoisotopic (exact) mass is 329 g/mol. The summed E-state index contributed by atoms with van der Waals surface area (Å²) in [5, 5.41) is 8.75. The normalized spacial score (nSPS) is 10.3. The number of aromatic carboxylic acids is 1. The summed E-state index contributed by atoms with van der Waals surface area (Å²) in [5.74, 6) is -3.66. The second-order valence-corrected chi connectivity index (χ2v) is 4.32. The van der Waals surface area contributed by atoms with Gasteiger partial charge in [0.05, 0.1) is 4.47 Å². The summed E-state index contributed by atoms with van der Waals surface area (Å²) < 4.78 is 32.2. The van der Waals surface area contributed by atoms with E-state index in [1.165, 1.54) is 12.1 Å². The van der Waals surface area contributed by atoms with Gasteiger partial charge in [0.2, 0.25) is 0 Å². The van der Waals surface area contributed by atoms with Crippen molar-refractivity contribution in [2.24, 2.45) is 0 Å². The van der Waals surface area contributed by atoms with E-state index in [1.807, 2.05) is 0 Å². The number of rotatable bonds is 3. The number of carbonyl (C=O) groups is 1. The molecule has 0 aliphatic rings. The van der Waals surface area contributed by atoms with E-state index in [9.17, 15) is 13.6 Å². The van der Waals surface area contributed by atoms with Crippen molar-refractivity contribution in [3.8, 4) is 11.6 Å². The van der Waals surface area contributed by atoms with Gasteiger partial charge in [0.25, 0.3) is 5.88 Å². The molecule has 19 heavy (non-hydrogen) atoms. The van der Waals surface area contributed by atoms with Gasteiger partial charge in [-0.2, -0.15) is 0 Å². The molecule has 1 aromatic carbocycles. The van der Waals surface area contributed by atoms with E-state index >= 15 is 0 Å². The second kappa shape index (κ2) is 5.31. The van der Waals surface area contributed by atoms with Gasteiger partial charge in [-0.1, -0.05) is 0 Å². The summed E-state index contributed by atoms with van der Waals surface area (Å²) in [7, 11) is 0. The fraction of sp³-hybridized carbons (Fsp3) is 0. The van der Waals surface area contributed by atoms with Gasteiger partial charge < -0.3 is 9.84 Å². The van der Waals surface area contributed by atoms with Crippen LogP contribution >= 0.6 is 15.9 Å². The summed E-state index contributed by atoms with van der Waals surface area (Å²) >= 11 is 2.96. The Hall–Kier alpha value is -2.02. The maximum atomic E-state index is 13.7. The summed E-state index contributed by atoms with van der Waals surface area (Å²) in [6.45, 7) is 0. The van der Waals surface area contributed by atoms with E-state index in [0.29, 0.717) is 0 Å². The third-order valence-electron chi connectivity index (χ3n) is 2.19. The van der Waals surface area contributed by atoms with Crippen LogP contribution in [0.5, 0.6) is 11.6 Å². The number of carboxylic acids is 1. The van der Waals surface area contributed by atoms with E-state index in [2.05, 4.69) is 20.9 Å². The van der Waals surface area contributed by atoms with Crippen molar-refractivity contribution >= 4 is 21.9 Å². The van der Waals surface area contributed by atoms with Crippen molar-refractivity contribution in [2.45, 2.75) is 0 Å². The number of hydrogen-bond acceptors (Lipinski definition) is 3. The average molecular weight is 330 g/mol. The van der Waals surface area contributed by atoms with E-state index in [0.717, 1.165) is 18.3 Å². The quantitative estimate of drug-likeness (QED) is 0.934. The number of pyridine rings is 1. The number of benzene rings is 1. The van der Waals surface area contributed by atoms with Crippen molar-refractivity contribution in [1.29, 1.82) is 0 Å². The van der Waals surface area contributed by atoms with Crippen LogP contribution in [0.15, 0.2) is 34.9 Å². The zero-order valence-corrected chi connectivity index (χ0v) is 10.8. The molecule has 4 nitrogen and oxygen atoms in total. The van der Waals surface area contributed by atoms with Crippen LogP contribution in [0.3, 0.4) is 0 Å². The first kappa shape index (κ1) is 13.4. The van der Waals surface area contributed by atoms with Crippen LogP contribution < -0.4 is 4.74 Å². The number of aromatic nitrogens is 1. The van der Waals surface area contributed by atoms with E-state index in [1.54, 1.807) is 0 Å². The number of ether oxygens (including phenoxy) is 1. The summed E-state index contributed by atoms with van der Waals surface area (Å²) in [6, 6.07) is 4.80. The maximum absolute atomic E-state index is 13.7. The summed E-state index contributed by atoms with van der Waals surface area (Å²) in [5.41, 5.74) is -0.567. The topological polar surface area (TPSA) is 59.4 Å². The Bertz CT molecular complexity index is 649. The Morgan fingerprint density at radius 2 is 2.05 bits per heavy atom. The highest BCUT2D eigenvalue weighted by molar-refractivity contribution is 9.10. The molecule has 0 unspecified atom stereocenters. The van der Waals surface area contributed by atoms with Crippen molar-refractivity contribution in [3.63, 3.8) is 0 Å². The first-order valence-electron chi connectivity index (χ1n) is 4.99. The molecule has 0 saturated carbocycles. The Labute approximate surface area is 114 Å². The maximum Gasteiger partial charge on any atom is 0.338 e.